The van der Waals surface area contributed by atoms with Gasteiger partial charge in [-0.3, -0.25) is 4.57 Å². The van der Waals surface area contributed by atoms with Gasteiger partial charge in [-0.2, -0.15) is 0 Å². The second kappa shape index (κ2) is 4.26. The van der Waals surface area contributed by atoms with E-state index in [1.807, 2.05) is 37.5 Å². The van der Waals surface area contributed by atoms with E-state index in [-0.39, 0.29) is 0 Å². The highest BCUT2D eigenvalue weighted by Crippen LogP contribution is 2.09. The zero-order chi connectivity index (χ0) is 10.7. The number of aromatic nitrogens is 3. The molecular weight excluding hydrogens is 186 g/mol. The molecule has 2 rings (SSSR count). The zero-order valence-electron chi connectivity index (χ0n) is 9.14. The second-order valence-corrected chi connectivity index (χ2v) is 3.60. The van der Waals surface area contributed by atoms with Crippen LogP contribution in [-0.2, 0) is 6.42 Å². The third kappa shape index (κ3) is 2.06. The van der Waals surface area contributed by atoms with Gasteiger partial charge in [-0.25, -0.2) is 9.97 Å². The number of imidazole rings is 1. The molecule has 2 aromatic rings. The molecule has 15 heavy (non-hydrogen) atoms. The molecule has 0 atom stereocenters. The summed E-state index contributed by atoms with van der Waals surface area (Å²) in [4.78, 5) is 8.82. The molecule has 0 spiro atoms. The quantitative estimate of drug-likeness (QED) is 0.764. The van der Waals surface area contributed by atoms with Crippen LogP contribution in [0.5, 0.6) is 0 Å². The molecule has 0 bridgehead atoms. The fourth-order valence-electron chi connectivity index (χ4n) is 1.61. The lowest BCUT2D eigenvalue weighted by molar-refractivity contribution is 0.796. The van der Waals surface area contributed by atoms with Crippen molar-refractivity contribution in [2.24, 2.45) is 0 Å². The van der Waals surface area contributed by atoms with Crippen LogP contribution in [0.2, 0.25) is 0 Å². The van der Waals surface area contributed by atoms with Gasteiger partial charge in [0, 0.05) is 24.5 Å². The summed E-state index contributed by atoms with van der Waals surface area (Å²) in [5, 5.41) is 0. The van der Waals surface area contributed by atoms with E-state index in [0.29, 0.717) is 0 Å². The van der Waals surface area contributed by atoms with Gasteiger partial charge in [0.15, 0.2) is 0 Å². The van der Waals surface area contributed by atoms with Crippen molar-refractivity contribution >= 4 is 0 Å². The van der Waals surface area contributed by atoms with Crippen LogP contribution in [0, 0.1) is 6.92 Å². The van der Waals surface area contributed by atoms with Gasteiger partial charge in [0.1, 0.15) is 11.6 Å². The SMILES string of the molecule is CCCc1nccn1-c1cccc(C)n1. The van der Waals surface area contributed by atoms with Crippen LogP contribution in [0.3, 0.4) is 0 Å². The first kappa shape index (κ1) is 9.90. The average Bonchev–Trinajstić information content (AvgIpc) is 2.66. The first-order chi connectivity index (χ1) is 7.31. The molecule has 3 nitrogen and oxygen atoms in total. The van der Waals surface area contributed by atoms with Crippen molar-refractivity contribution in [1.82, 2.24) is 14.5 Å². The number of rotatable bonds is 3. The summed E-state index contributed by atoms with van der Waals surface area (Å²) in [6.07, 6.45) is 5.88. The summed E-state index contributed by atoms with van der Waals surface area (Å²) in [5.74, 6) is 2.03. The fourth-order valence-corrected chi connectivity index (χ4v) is 1.61. The number of nitrogens with zero attached hydrogens (tertiary/aromatic N) is 3. The summed E-state index contributed by atoms with van der Waals surface area (Å²) in [6.45, 7) is 4.16. The molecule has 0 unspecified atom stereocenters. The van der Waals surface area contributed by atoms with Crippen LogP contribution < -0.4 is 0 Å². The van der Waals surface area contributed by atoms with Gasteiger partial charge in [0.25, 0.3) is 0 Å². The maximum Gasteiger partial charge on any atom is 0.138 e. The van der Waals surface area contributed by atoms with Gasteiger partial charge in [-0.05, 0) is 25.5 Å². The smallest absolute Gasteiger partial charge is 0.138 e. The normalized spacial score (nSPS) is 10.5. The number of aryl methyl sites for hydroxylation is 2. The molecule has 3 heteroatoms. The maximum absolute atomic E-state index is 4.48. The minimum absolute atomic E-state index is 0.955. The summed E-state index contributed by atoms with van der Waals surface area (Å²) in [5.41, 5.74) is 1.03. The van der Waals surface area contributed by atoms with E-state index in [4.69, 9.17) is 0 Å². The van der Waals surface area contributed by atoms with Crippen molar-refractivity contribution in [2.45, 2.75) is 26.7 Å². The first-order valence-corrected chi connectivity index (χ1v) is 5.27. The average molecular weight is 201 g/mol. The maximum atomic E-state index is 4.48. The minimum Gasteiger partial charge on any atom is -0.288 e. The van der Waals surface area contributed by atoms with Crippen LogP contribution in [0.25, 0.3) is 5.82 Å². The summed E-state index contributed by atoms with van der Waals surface area (Å²) in [7, 11) is 0. The highest BCUT2D eigenvalue weighted by atomic mass is 15.1. The van der Waals surface area contributed by atoms with Crippen LogP contribution in [-0.4, -0.2) is 14.5 Å². The van der Waals surface area contributed by atoms with E-state index in [2.05, 4.69) is 21.5 Å². The third-order valence-electron chi connectivity index (χ3n) is 2.31. The topological polar surface area (TPSA) is 30.7 Å². The molecule has 0 amide bonds. The summed E-state index contributed by atoms with van der Waals surface area (Å²) < 4.78 is 2.05. The Hall–Kier alpha value is -1.64. The Morgan fingerprint density at radius 2 is 2.20 bits per heavy atom. The molecule has 0 saturated carbocycles. The Balaban J connectivity index is 2.40. The molecule has 0 aliphatic heterocycles. The lowest BCUT2D eigenvalue weighted by Gasteiger charge is -2.06. The Morgan fingerprint density at radius 1 is 1.33 bits per heavy atom. The van der Waals surface area contributed by atoms with E-state index in [9.17, 15) is 0 Å². The molecule has 0 fully saturated rings. The number of pyridine rings is 1. The van der Waals surface area contributed by atoms with Crippen molar-refractivity contribution < 1.29 is 0 Å². The predicted molar refractivity (Wildman–Crippen MR) is 60.1 cm³/mol. The van der Waals surface area contributed by atoms with Gasteiger partial charge in [-0.1, -0.05) is 13.0 Å². The van der Waals surface area contributed by atoms with Crippen LogP contribution in [0.4, 0.5) is 0 Å². The first-order valence-electron chi connectivity index (χ1n) is 5.27. The van der Waals surface area contributed by atoms with Gasteiger partial charge >= 0.3 is 0 Å². The molecular formula is C12H15N3. The standard InChI is InChI=1S/C12H15N3/c1-3-5-11-13-8-9-15(11)12-7-4-6-10(2)14-12/h4,6-9H,3,5H2,1-2H3. The van der Waals surface area contributed by atoms with Gasteiger partial charge < -0.3 is 0 Å². The van der Waals surface area contributed by atoms with Crippen molar-refractivity contribution in [3.8, 4) is 5.82 Å². The Morgan fingerprint density at radius 3 is 2.93 bits per heavy atom. The van der Waals surface area contributed by atoms with Crippen molar-refractivity contribution in [3.05, 3.63) is 42.1 Å². The molecule has 0 saturated heterocycles. The molecule has 0 aliphatic rings. The zero-order valence-corrected chi connectivity index (χ0v) is 9.14. The van der Waals surface area contributed by atoms with E-state index in [0.717, 1.165) is 30.2 Å². The van der Waals surface area contributed by atoms with Crippen molar-refractivity contribution in [1.29, 1.82) is 0 Å². The molecule has 0 aromatic carbocycles. The van der Waals surface area contributed by atoms with Gasteiger partial charge in [-0.15, -0.1) is 0 Å². The Kier molecular flexibility index (Phi) is 2.81. The van der Waals surface area contributed by atoms with Crippen LogP contribution in [0.1, 0.15) is 24.9 Å². The Bertz CT molecular complexity index is 446. The molecule has 78 valence electrons. The molecule has 0 aliphatic carbocycles. The van der Waals surface area contributed by atoms with E-state index < -0.39 is 0 Å². The monoisotopic (exact) mass is 201 g/mol. The fraction of sp³-hybridized carbons (Fsp3) is 0.333. The van der Waals surface area contributed by atoms with Gasteiger partial charge in [0.05, 0.1) is 0 Å². The lowest BCUT2D eigenvalue weighted by atomic mass is 10.3. The molecule has 0 N–H and O–H groups in total. The molecule has 0 radical (unpaired) electrons. The van der Waals surface area contributed by atoms with Crippen molar-refractivity contribution in [3.63, 3.8) is 0 Å². The Labute approximate surface area is 89.8 Å². The number of hydrogen-bond donors (Lipinski definition) is 0. The van der Waals surface area contributed by atoms with E-state index in [1.165, 1.54) is 0 Å². The number of hydrogen-bond acceptors (Lipinski definition) is 2. The molecule has 2 heterocycles. The summed E-state index contributed by atoms with van der Waals surface area (Å²) in [6, 6.07) is 6.03. The predicted octanol–water partition coefficient (Wildman–Crippen LogP) is 2.53. The largest absolute Gasteiger partial charge is 0.288 e. The highest BCUT2D eigenvalue weighted by Gasteiger charge is 2.04. The minimum atomic E-state index is 0.955. The third-order valence-corrected chi connectivity index (χ3v) is 2.31. The van der Waals surface area contributed by atoms with Gasteiger partial charge in [0.2, 0.25) is 0 Å². The van der Waals surface area contributed by atoms with Crippen LogP contribution >= 0.6 is 0 Å². The van der Waals surface area contributed by atoms with Crippen LogP contribution in [0.15, 0.2) is 30.6 Å². The highest BCUT2D eigenvalue weighted by molar-refractivity contribution is 5.26. The molecule has 2 aromatic heterocycles. The van der Waals surface area contributed by atoms with E-state index in [1.54, 1.807) is 0 Å². The lowest BCUT2D eigenvalue weighted by Crippen LogP contribution is -2.02. The summed E-state index contributed by atoms with van der Waals surface area (Å²) >= 11 is 0. The van der Waals surface area contributed by atoms with Crippen molar-refractivity contribution in [2.75, 3.05) is 0 Å². The second-order valence-electron chi connectivity index (χ2n) is 3.60. The van der Waals surface area contributed by atoms with E-state index >= 15 is 0 Å².